The molecule has 13 heteroatoms. The van der Waals surface area contributed by atoms with Gasteiger partial charge in [-0.3, -0.25) is 14.9 Å². The minimum absolute atomic E-state index is 0.00553. The van der Waals surface area contributed by atoms with Gasteiger partial charge in [0.05, 0.1) is 25.3 Å². The maximum Gasteiger partial charge on any atom is 0.409 e. The molecule has 0 spiro atoms. The zero-order valence-electron chi connectivity index (χ0n) is 27.0. The van der Waals surface area contributed by atoms with E-state index in [2.05, 4.69) is 10.6 Å². The van der Waals surface area contributed by atoms with Gasteiger partial charge in [-0.05, 0) is 51.9 Å². The van der Waals surface area contributed by atoms with E-state index in [0.29, 0.717) is 17.9 Å². The number of anilines is 1. The van der Waals surface area contributed by atoms with Crippen LogP contribution >= 0.6 is 11.6 Å². The highest BCUT2D eigenvalue weighted by molar-refractivity contribution is 6.35. The minimum atomic E-state index is -1.78. The number of nitrogens with one attached hydrogen (secondary N) is 2. The van der Waals surface area contributed by atoms with Crippen LogP contribution in [0, 0.1) is 5.92 Å². The number of amides is 2. The molecule has 4 bridgehead atoms. The van der Waals surface area contributed by atoms with E-state index in [1.165, 1.54) is 19.1 Å². The molecule has 2 saturated heterocycles. The van der Waals surface area contributed by atoms with Crippen molar-refractivity contribution in [3.63, 3.8) is 0 Å². The van der Waals surface area contributed by atoms with Crippen LogP contribution in [0.3, 0.4) is 0 Å². The summed E-state index contributed by atoms with van der Waals surface area (Å²) in [4.78, 5) is 40.9. The largest absolute Gasteiger partial charge is 0.495 e. The number of carbonyl (C=O) groups excluding carboxylic acids is 3. The van der Waals surface area contributed by atoms with Gasteiger partial charge in [0.15, 0.2) is 5.72 Å². The number of esters is 1. The number of carbonyl (C=O) groups is 3. The summed E-state index contributed by atoms with van der Waals surface area (Å²) >= 11 is 6.69. The van der Waals surface area contributed by atoms with E-state index >= 15 is 0 Å². The molecule has 248 valence electrons. The number of halogens is 1. The lowest BCUT2D eigenvalue weighted by Gasteiger charge is -2.42. The van der Waals surface area contributed by atoms with Crippen LogP contribution in [0.2, 0.25) is 5.02 Å². The number of alkyl carbamates (subject to hydrolysis) is 1. The maximum atomic E-state index is 13.8. The number of hydrogen-bond acceptors (Lipinski definition) is 10. The number of likely N-dealkylation sites (N-methyl/N-ethyl adjacent to an activating group) is 1. The van der Waals surface area contributed by atoms with Gasteiger partial charge in [-0.25, -0.2) is 4.79 Å². The van der Waals surface area contributed by atoms with Crippen molar-refractivity contribution < 1.29 is 43.2 Å². The Morgan fingerprint density at radius 3 is 2.64 bits per heavy atom. The van der Waals surface area contributed by atoms with Crippen LogP contribution in [0.1, 0.15) is 46.1 Å². The van der Waals surface area contributed by atoms with Crippen molar-refractivity contribution in [2.24, 2.45) is 5.92 Å². The third-order valence-electron chi connectivity index (χ3n) is 9.00. The Bertz CT molecular complexity index is 1370. The first-order valence-corrected chi connectivity index (χ1v) is 15.3. The molecule has 3 aliphatic rings. The van der Waals surface area contributed by atoms with Crippen molar-refractivity contribution in [1.29, 1.82) is 0 Å². The maximum absolute atomic E-state index is 13.8. The summed E-state index contributed by atoms with van der Waals surface area (Å²) in [6, 6.07) is 2.99. The lowest BCUT2D eigenvalue weighted by Crippen LogP contribution is -2.63. The van der Waals surface area contributed by atoms with Crippen LogP contribution in [-0.2, 0) is 35.0 Å². The molecular weight excluding hydrogens is 606 g/mol. The predicted molar refractivity (Wildman–Crippen MR) is 167 cm³/mol. The molecule has 12 nitrogen and oxygen atoms in total. The molecule has 0 saturated carbocycles. The van der Waals surface area contributed by atoms with E-state index in [1.54, 1.807) is 46.2 Å². The first-order valence-electron chi connectivity index (χ1n) is 14.9. The normalized spacial score (nSPS) is 34.8. The average Bonchev–Trinajstić information content (AvgIpc) is 3.69. The number of hydrogen-bond donors (Lipinski definition) is 3. The van der Waals surface area contributed by atoms with Crippen molar-refractivity contribution in [2.45, 2.75) is 88.7 Å². The highest BCUT2D eigenvalue weighted by Crippen LogP contribution is 2.49. The number of allylic oxidation sites excluding steroid dienone is 3. The third-order valence-corrected chi connectivity index (χ3v) is 9.38. The third kappa shape index (κ3) is 7.30. The fourth-order valence-corrected chi connectivity index (χ4v) is 6.28. The molecule has 2 fully saturated rings. The van der Waals surface area contributed by atoms with Gasteiger partial charge in [0.2, 0.25) is 5.91 Å². The fraction of sp³-hybridized carbons (Fsp3) is 0.594. The molecule has 0 radical (unpaired) electrons. The topological polar surface area (TPSA) is 148 Å². The Kier molecular flexibility index (Phi) is 10.6. The molecule has 8 atom stereocenters. The van der Waals surface area contributed by atoms with E-state index in [9.17, 15) is 19.5 Å². The summed E-state index contributed by atoms with van der Waals surface area (Å²) < 4.78 is 28.8. The highest BCUT2D eigenvalue weighted by atomic mass is 35.5. The van der Waals surface area contributed by atoms with Gasteiger partial charge in [-0.1, -0.05) is 42.3 Å². The van der Waals surface area contributed by atoms with Gasteiger partial charge in [-0.2, -0.15) is 0 Å². The van der Waals surface area contributed by atoms with Gasteiger partial charge in [0, 0.05) is 26.5 Å². The molecule has 1 aromatic carbocycles. The van der Waals surface area contributed by atoms with Gasteiger partial charge >= 0.3 is 12.1 Å². The van der Waals surface area contributed by atoms with Crippen LogP contribution in [0.4, 0.5) is 10.5 Å². The summed E-state index contributed by atoms with van der Waals surface area (Å²) in [6.45, 7) is 7.17. The molecule has 1 aromatic rings. The number of methoxy groups -OCH3 is 2. The van der Waals surface area contributed by atoms with Crippen molar-refractivity contribution in [1.82, 2.24) is 10.6 Å². The van der Waals surface area contributed by atoms with Crippen molar-refractivity contribution in [2.75, 3.05) is 33.2 Å². The second kappa shape index (κ2) is 13.7. The second-order valence-electron chi connectivity index (χ2n) is 12.2. The Morgan fingerprint density at radius 1 is 1.29 bits per heavy atom. The molecule has 45 heavy (non-hydrogen) atoms. The van der Waals surface area contributed by atoms with Crippen LogP contribution < -0.4 is 20.3 Å². The lowest BCUT2D eigenvalue weighted by atomic mass is 9.83. The summed E-state index contributed by atoms with van der Waals surface area (Å²) in [5.74, 6) is -0.974. The Balaban J connectivity index is 1.80. The molecule has 0 aliphatic carbocycles. The van der Waals surface area contributed by atoms with Crippen LogP contribution in [0.25, 0.3) is 0 Å². The zero-order valence-corrected chi connectivity index (χ0v) is 27.8. The lowest BCUT2D eigenvalue weighted by molar-refractivity contribution is -0.155. The molecule has 3 heterocycles. The van der Waals surface area contributed by atoms with Gasteiger partial charge < -0.3 is 39.0 Å². The van der Waals surface area contributed by atoms with Crippen molar-refractivity contribution in [3.05, 3.63) is 46.5 Å². The quantitative estimate of drug-likeness (QED) is 0.321. The number of benzene rings is 1. The Hall–Kier alpha value is -3.16. The Labute approximate surface area is 269 Å². The first kappa shape index (κ1) is 34.7. The molecule has 1 unspecified atom stereocenters. The number of ether oxygens (including phenoxy) is 5. The van der Waals surface area contributed by atoms with Crippen molar-refractivity contribution in [3.8, 4) is 5.75 Å². The minimum Gasteiger partial charge on any atom is -0.495 e. The van der Waals surface area contributed by atoms with E-state index in [4.69, 9.17) is 35.3 Å². The SMILES string of the molecule is CN[C@@H](C)C(=O)OC1CC(=O)N(C)c2cc(cc(OC)c2Cl)C/C(C)=C\C=C\[C@@H](OC)[C@@]2(O)C[C@H](OC(=O)N2)[C@@H](C)[C@@H]2O[C@@]12C. The monoisotopic (exact) mass is 649 g/mol. The van der Waals surface area contributed by atoms with E-state index < -0.39 is 59.8 Å². The smallest absolute Gasteiger partial charge is 0.409 e. The first-order chi connectivity index (χ1) is 21.2. The van der Waals surface area contributed by atoms with E-state index in [1.807, 2.05) is 26.0 Å². The number of epoxide rings is 1. The molecule has 4 rings (SSSR count). The van der Waals surface area contributed by atoms with E-state index in [-0.39, 0.29) is 23.8 Å². The van der Waals surface area contributed by atoms with Gasteiger partial charge in [-0.15, -0.1) is 0 Å². The zero-order chi connectivity index (χ0) is 33.3. The second-order valence-corrected chi connectivity index (χ2v) is 12.6. The number of fused-ring (bicyclic) bond motifs is 5. The fourth-order valence-electron chi connectivity index (χ4n) is 5.97. The van der Waals surface area contributed by atoms with Crippen LogP contribution in [-0.4, -0.2) is 93.2 Å². The molecule has 0 aromatic heterocycles. The van der Waals surface area contributed by atoms with Gasteiger partial charge in [0.25, 0.3) is 0 Å². The number of rotatable bonds is 5. The molecule has 2 amide bonds. The summed E-state index contributed by atoms with van der Waals surface area (Å²) in [5, 5.41) is 17.2. The molecule has 3 aliphatic heterocycles. The molecule has 3 N–H and O–H groups in total. The van der Waals surface area contributed by atoms with Crippen LogP contribution in [0.15, 0.2) is 35.9 Å². The van der Waals surface area contributed by atoms with Crippen molar-refractivity contribution >= 4 is 35.3 Å². The standard InChI is InChI=1S/C32H44ClN3O9/c1-17-10-9-11-24(42-8)32(40)16-23(43-30(39)35-32)18(2)28-31(4,45-28)25(44-29(38)19(3)34-5)15-26(37)36(6)21-13-20(12-17)14-22(41-7)27(21)33/h9-11,13-14,18-19,23-25,28,34,40H,12,15-16H2,1-8H3,(H,35,39)/b11-9+,17-10-/t18-,19+,23+,24-,25?,28+,31+,32+/m1/s1. The number of nitrogens with zero attached hydrogens (tertiary/aromatic N) is 1. The van der Waals surface area contributed by atoms with E-state index in [0.717, 1.165) is 11.1 Å². The summed E-state index contributed by atoms with van der Waals surface area (Å²) in [5.41, 5.74) is -0.646. The number of aliphatic hydroxyl groups is 1. The summed E-state index contributed by atoms with van der Waals surface area (Å²) in [6.07, 6.45) is 1.52. The molecular formula is C32H44ClN3O9. The van der Waals surface area contributed by atoms with Crippen LogP contribution in [0.5, 0.6) is 5.75 Å². The highest BCUT2D eigenvalue weighted by Gasteiger charge is 2.64. The van der Waals surface area contributed by atoms with Gasteiger partial charge in [0.1, 0.15) is 40.7 Å². The summed E-state index contributed by atoms with van der Waals surface area (Å²) in [7, 11) is 6.18. The predicted octanol–water partition coefficient (Wildman–Crippen LogP) is 3.28. The average molecular weight is 650 g/mol. The Morgan fingerprint density at radius 2 is 2.00 bits per heavy atom.